The lowest BCUT2D eigenvalue weighted by atomic mass is 10.2. The fourth-order valence-corrected chi connectivity index (χ4v) is 2.62. The molecule has 0 atom stereocenters. The quantitative estimate of drug-likeness (QED) is 0.928. The maximum Gasteiger partial charge on any atom is 0.304 e. The van der Waals surface area contributed by atoms with Crippen LogP contribution in [0, 0.1) is 0 Å². The zero-order chi connectivity index (χ0) is 13.8. The van der Waals surface area contributed by atoms with Crippen molar-refractivity contribution in [2.75, 3.05) is 37.6 Å². The van der Waals surface area contributed by atoms with Crippen LogP contribution < -0.4 is 4.90 Å². The Hall–Kier alpha value is -0.970. The number of hydrogen-bond acceptors (Lipinski definition) is 3. The first-order chi connectivity index (χ1) is 9.08. The second kappa shape index (κ2) is 6.46. The molecule has 0 radical (unpaired) electrons. The number of carboxylic acids is 1. The van der Waals surface area contributed by atoms with Gasteiger partial charge in [-0.2, -0.15) is 0 Å². The maximum absolute atomic E-state index is 10.5. The third kappa shape index (κ3) is 3.75. The molecule has 1 aromatic rings. The number of piperazine rings is 1. The maximum atomic E-state index is 10.5. The molecule has 1 fully saturated rings. The van der Waals surface area contributed by atoms with Gasteiger partial charge in [-0.3, -0.25) is 9.69 Å². The first-order valence-corrected chi connectivity index (χ1v) is 6.96. The Kier molecular flexibility index (Phi) is 4.91. The van der Waals surface area contributed by atoms with Gasteiger partial charge in [-0.15, -0.1) is 0 Å². The lowest BCUT2D eigenvalue weighted by molar-refractivity contribution is -0.137. The standard InChI is InChI=1S/C13H16Cl2N2O2/c14-10-2-1-3-11(13(10)15)17-8-6-16(7-9-17)5-4-12(18)19/h1-3H,4-9H2,(H,18,19). The van der Waals surface area contributed by atoms with Crippen molar-refractivity contribution in [3.05, 3.63) is 28.2 Å². The van der Waals surface area contributed by atoms with Crippen molar-refractivity contribution >= 4 is 34.9 Å². The summed E-state index contributed by atoms with van der Waals surface area (Å²) in [4.78, 5) is 14.9. The van der Waals surface area contributed by atoms with Gasteiger partial charge in [0.25, 0.3) is 0 Å². The summed E-state index contributed by atoms with van der Waals surface area (Å²) >= 11 is 12.2. The van der Waals surface area contributed by atoms with E-state index in [1.165, 1.54) is 0 Å². The van der Waals surface area contributed by atoms with Crippen molar-refractivity contribution < 1.29 is 9.90 Å². The van der Waals surface area contributed by atoms with E-state index in [4.69, 9.17) is 28.3 Å². The smallest absolute Gasteiger partial charge is 0.304 e. The molecule has 104 valence electrons. The molecule has 19 heavy (non-hydrogen) atoms. The predicted octanol–water partition coefficient (Wildman–Crippen LogP) is 2.59. The number of halogens is 2. The van der Waals surface area contributed by atoms with Crippen LogP contribution in [0.5, 0.6) is 0 Å². The van der Waals surface area contributed by atoms with Crippen LogP contribution in [0.3, 0.4) is 0 Å². The van der Waals surface area contributed by atoms with Gasteiger partial charge in [0, 0.05) is 32.7 Å². The highest BCUT2D eigenvalue weighted by molar-refractivity contribution is 6.43. The molecule has 0 aromatic heterocycles. The van der Waals surface area contributed by atoms with Gasteiger partial charge in [-0.25, -0.2) is 0 Å². The molecular formula is C13H16Cl2N2O2. The summed E-state index contributed by atoms with van der Waals surface area (Å²) in [5, 5.41) is 9.82. The first kappa shape index (κ1) is 14.4. The van der Waals surface area contributed by atoms with E-state index in [2.05, 4.69) is 9.80 Å². The summed E-state index contributed by atoms with van der Waals surface area (Å²) < 4.78 is 0. The molecule has 1 N–H and O–H groups in total. The number of benzene rings is 1. The Labute approximate surface area is 122 Å². The van der Waals surface area contributed by atoms with Gasteiger partial charge in [0.2, 0.25) is 0 Å². The molecule has 1 aromatic carbocycles. The Bertz CT molecular complexity index is 460. The molecule has 0 spiro atoms. The summed E-state index contributed by atoms with van der Waals surface area (Å²) in [5.41, 5.74) is 0.951. The van der Waals surface area contributed by atoms with Gasteiger partial charge >= 0.3 is 5.97 Å². The van der Waals surface area contributed by atoms with Crippen molar-refractivity contribution in [2.24, 2.45) is 0 Å². The fourth-order valence-electron chi connectivity index (χ4n) is 2.20. The molecule has 4 nitrogen and oxygen atoms in total. The van der Waals surface area contributed by atoms with Crippen LogP contribution >= 0.6 is 23.2 Å². The Morgan fingerprint density at radius 3 is 2.53 bits per heavy atom. The summed E-state index contributed by atoms with van der Waals surface area (Å²) in [5.74, 6) is -0.750. The van der Waals surface area contributed by atoms with Crippen LogP contribution in [0.1, 0.15) is 6.42 Å². The molecule has 0 aliphatic carbocycles. The second-order valence-corrected chi connectivity index (χ2v) is 5.33. The third-order valence-electron chi connectivity index (χ3n) is 3.29. The van der Waals surface area contributed by atoms with Gasteiger partial charge in [0.1, 0.15) is 0 Å². The fraction of sp³-hybridized carbons (Fsp3) is 0.462. The van der Waals surface area contributed by atoms with E-state index >= 15 is 0 Å². The molecule has 0 bridgehead atoms. The molecule has 1 heterocycles. The number of anilines is 1. The number of rotatable bonds is 4. The molecule has 1 saturated heterocycles. The number of hydrogen-bond donors (Lipinski definition) is 1. The highest BCUT2D eigenvalue weighted by atomic mass is 35.5. The largest absolute Gasteiger partial charge is 0.481 e. The zero-order valence-corrected chi connectivity index (χ0v) is 12.0. The van der Waals surface area contributed by atoms with Crippen molar-refractivity contribution in [1.29, 1.82) is 0 Å². The number of nitrogens with zero attached hydrogens (tertiary/aromatic N) is 2. The molecule has 2 rings (SSSR count). The van der Waals surface area contributed by atoms with E-state index < -0.39 is 5.97 Å². The van der Waals surface area contributed by atoms with Crippen LogP contribution in [0.4, 0.5) is 5.69 Å². The Balaban J connectivity index is 1.92. The van der Waals surface area contributed by atoms with E-state index in [0.717, 1.165) is 31.9 Å². The van der Waals surface area contributed by atoms with E-state index in [1.54, 1.807) is 6.07 Å². The van der Waals surface area contributed by atoms with Crippen molar-refractivity contribution in [3.63, 3.8) is 0 Å². The van der Waals surface area contributed by atoms with E-state index in [0.29, 0.717) is 16.6 Å². The predicted molar refractivity (Wildman–Crippen MR) is 77.4 cm³/mol. The highest BCUT2D eigenvalue weighted by Gasteiger charge is 2.19. The first-order valence-electron chi connectivity index (χ1n) is 6.21. The minimum Gasteiger partial charge on any atom is -0.481 e. The van der Waals surface area contributed by atoms with Crippen molar-refractivity contribution in [2.45, 2.75) is 6.42 Å². The minimum atomic E-state index is -0.750. The average molecular weight is 303 g/mol. The number of carboxylic acid groups (broad SMARTS) is 1. The van der Waals surface area contributed by atoms with Crippen molar-refractivity contribution in [3.8, 4) is 0 Å². The molecule has 1 aliphatic rings. The summed E-state index contributed by atoms with van der Waals surface area (Å²) in [7, 11) is 0. The van der Waals surface area contributed by atoms with Gasteiger partial charge < -0.3 is 10.0 Å². The third-order valence-corrected chi connectivity index (χ3v) is 4.10. The highest BCUT2D eigenvalue weighted by Crippen LogP contribution is 2.32. The normalized spacial score (nSPS) is 16.6. The lowest BCUT2D eigenvalue weighted by Gasteiger charge is -2.36. The molecule has 6 heteroatoms. The molecule has 0 unspecified atom stereocenters. The van der Waals surface area contributed by atoms with Crippen LogP contribution in [0.15, 0.2) is 18.2 Å². The zero-order valence-electron chi connectivity index (χ0n) is 10.5. The van der Waals surface area contributed by atoms with Gasteiger partial charge in [0.15, 0.2) is 0 Å². The second-order valence-electron chi connectivity index (χ2n) is 4.55. The molecule has 0 amide bonds. The van der Waals surface area contributed by atoms with Gasteiger partial charge in [0.05, 0.1) is 22.2 Å². The van der Waals surface area contributed by atoms with E-state index in [9.17, 15) is 4.79 Å². The number of aliphatic carboxylic acids is 1. The molecular weight excluding hydrogens is 287 g/mol. The monoisotopic (exact) mass is 302 g/mol. The lowest BCUT2D eigenvalue weighted by Crippen LogP contribution is -2.47. The van der Waals surface area contributed by atoms with Gasteiger partial charge in [-0.1, -0.05) is 29.3 Å². The van der Waals surface area contributed by atoms with E-state index in [1.807, 2.05) is 12.1 Å². The van der Waals surface area contributed by atoms with Crippen LogP contribution in [0.25, 0.3) is 0 Å². The summed E-state index contributed by atoms with van der Waals surface area (Å²) in [6.07, 6.45) is 0.192. The van der Waals surface area contributed by atoms with Crippen LogP contribution in [-0.2, 0) is 4.79 Å². The Morgan fingerprint density at radius 1 is 1.21 bits per heavy atom. The SMILES string of the molecule is O=C(O)CCN1CCN(c2cccc(Cl)c2Cl)CC1. The van der Waals surface area contributed by atoms with Crippen LogP contribution in [0.2, 0.25) is 10.0 Å². The molecule has 0 saturated carbocycles. The van der Waals surface area contributed by atoms with Crippen molar-refractivity contribution in [1.82, 2.24) is 4.90 Å². The number of carbonyl (C=O) groups is 1. The van der Waals surface area contributed by atoms with Crippen LogP contribution in [-0.4, -0.2) is 48.7 Å². The average Bonchev–Trinajstić information content (AvgIpc) is 2.40. The summed E-state index contributed by atoms with van der Waals surface area (Å²) in [6, 6.07) is 5.62. The molecule has 1 aliphatic heterocycles. The summed E-state index contributed by atoms with van der Waals surface area (Å²) in [6.45, 7) is 3.96. The topological polar surface area (TPSA) is 43.8 Å². The van der Waals surface area contributed by atoms with E-state index in [-0.39, 0.29) is 6.42 Å². The van der Waals surface area contributed by atoms with Gasteiger partial charge in [-0.05, 0) is 12.1 Å². The Morgan fingerprint density at radius 2 is 1.89 bits per heavy atom. The minimum absolute atomic E-state index is 0.192.